The van der Waals surface area contributed by atoms with Crippen molar-refractivity contribution in [2.45, 2.75) is 6.92 Å². The molecule has 1 aromatic rings. The molecule has 0 N–H and O–H groups in total. The minimum Gasteiger partial charge on any atom is -0.877 e. The van der Waals surface area contributed by atoms with Crippen molar-refractivity contribution in [3.8, 4) is 0 Å². The second kappa shape index (κ2) is 3.72. The van der Waals surface area contributed by atoms with Crippen LogP contribution in [0.2, 0.25) is 0 Å². The molecular formula is C10H9O2-. The summed E-state index contributed by atoms with van der Waals surface area (Å²) in [6, 6.07) is 7.24. The maximum atomic E-state index is 10.4. The van der Waals surface area contributed by atoms with Crippen molar-refractivity contribution in [2.75, 3.05) is 0 Å². The van der Waals surface area contributed by atoms with Gasteiger partial charge in [0.25, 0.3) is 0 Å². The standard InChI is InChI=1S/C10H10O2/c1-8-2-4-9(5-3-8)10(6-11)7-12/h2-7,11H,1H3/p-1/b10-6+. The zero-order chi connectivity index (χ0) is 8.97. The average Bonchev–Trinajstić information content (AvgIpc) is 2.10. The van der Waals surface area contributed by atoms with E-state index in [4.69, 9.17) is 0 Å². The van der Waals surface area contributed by atoms with Crippen molar-refractivity contribution in [3.05, 3.63) is 41.7 Å². The van der Waals surface area contributed by atoms with E-state index in [1.807, 2.05) is 19.1 Å². The molecule has 0 aliphatic heterocycles. The van der Waals surface area contributed by atoms with E-state index in [0.717, 1.165) is 5.56 Å². The van der Waals surface area contributed by atoms with Gasteiger partial charge in [0.15, 0.2) is 0 Å². The SMILES string of the molecule is Cc1ccc(/C(C=O)=C/[O-])cc1. The van der Waals surface area contributed by atoms with Crippen LogP contribution in [0.15, 0.2) is 30.5 Å². The average molecular weight is 161 g/mol. The molecule has 0 atom stereocenters. The first-order valence-corrected chi connectivity index (χ1v) is 3.62. The van der Waals surface area contributed by atoms with Crippen LogP contribution in [0.4, 0.5) is 0 Å². The second-order valence-corrected chi connectivity index (χ2v) is 2.56. The molecule has 0 radical (unpaired) electrons. The second-order valence-electron chi connectivity index (χ2n) is 2.56. The third-order valence-electron chi connectivity index (χ3n) is 1.64. The Hall–Kier alpha value is -1.57. The van der Waals surface area contributed by atoms with Crippen molar-refractivity contribution in [1.29, 1.82) is 0 Å². The van der Waals surface area contributed by atoms with Crippen LogP contribution in [0.3, 0.4) is 0 Å². The topological polar surface area (TPSA) is 40.1 Å². The predicted molar refractivity (Wildman–Crippen MR) is 45.2 cm³/mol. The van der Waals surface area contributed by atoms with Crippen molar-refractivity contribution in [1.82, 2.24) is 0 Å². The third kappa shape index (κ3) is 1.72. The van der Waals surface area contributed by atoms with Crippen molar-refractivity contribution in [3.63, 3.8) is 0 Å². The summed E-state index contributed by atoms with van der Waals surface area (Å²) in [5.74, 6) is 0. The highest BCUT2D eigenvalue weighted by molar-refractivity contribution is 6.06. The van der Waals surface area contributed by atoms with E-state index in [2.05, 4.69) is 0 Å². The van der Waals surface area contributed by atoms with E-state index < -0.39 is 0 Å². The smallest absolute Gasteiger partial charge is 0.149 e. The third-order valence-corrected chi connectivity index (χ3v) is 1.64. The fourth-order valence-corrected chi connectivity index (χ4v) is 0.910. The molecule has 1 aromatic carbocycles. The largest absolute Gasteiger partial charge is 0.877 e. The maximum Gasteiger partial charge on any atom is 0.149 e. The molecule has 0 aliphatic rings. The fraction of sp³-hybridized carbons (Fsp3) is 0.100. The zero-order valence-corrected chi connectivity index (χ0v) is 6.78. The van der Waals surface area contributed by atoms with Gasteiger partial charge in [0.05, 0.1) is 0 Å². The molecule has 0 spiro atoms. The summed E-state index contributed by atoms with van der Waals surface area (Å²) in [5.41, 5.74) is 1.97. The molecule has 0 unspecified atom stereocenters. The quantitative estimate of drug-likeness (QED) is 0.367. The van der Waals surface area contributed by atoms with Gasteiger partial charge in [-0.15, -0.1) is 6.26 Å². The number of aryl methyl sites for hydroxylation is 1. The first kappa shape index (κ1) is 8.53. The Morgan fingerprint density at radius 2 is 1.92 bits per heavy atom. The molecule has 0 aromatic heterocycles. The van der Waals surface area contributed by atoms with Gasteiger partial charge < -0.3 is 5.11 Å². The minimum atomic E-state index is 0.190. The lowest BCUT2D eigenvalue weighted by atomic mass is 10.1. The van der Waals surface area contributed by atoms with E-state index in [0.29, 0.717) is 18.1 Å². The summed E-state index contributed by atoms with van der Waals surface area (Å²) >= 11 is 0. The molecule has 2 nitrogen and oxygen atoms in total. The van der Waals surface area contributed by atoms with Crippen molar-refractivity contribution >= 4 is 11.9 Å². The number of benzene rings is 1. The molecule has 1 rings (SSSR count). The number of carbonyl (C=O) groups is 1. The van der Waals surface area contributed by atoms with Crippen LogP contribution in [-0.4, -0.2) is 6.29 Å². The zero-order valence-electron chi connectivity index (χ0n) is 6.78. The van der Waals surface area contributed by atoms with Gasteiger partial charge in [-0.2, -0.15) is 0 Å². The van der Waals surface area contributed by atoms with Gasteiger partial charge in [-0.05, 0) is 12.5 Å². The van der Waals surface area contributed by atoms with Crippen molar-refractivity contribution < 1.29 is 9.90 Å². The highest BCUT2D eigenvalue weighted by Gasteiger charge is 1.95. The first-order valence-electron chi connectivity index (χ1n) is 3.62. The number of carbonyl (C=O) groups excluding carboxylic acids is 1. The number of hydrogen-bond acceptors (Lipinski definition) is 2. The van der Waals surface area contributed by atoms with Gasteiger partial charge in [-0.1, -0.05) is 29.8 Å². The van der Waals surface area contributed by atoms with Gasteiger partial charge in [0.2, 0.25) is 0 Å². The number of aldehydes is 1. The van der Waals surface area contributed by atoms with Gasteiger partial charge in [0.1, 0.15) is 6.29 Å². The number of hydrogen-bond donors (Lipinski definition) is 0. The summed E-state index contributed by atoms with van der Waals surface area (Å²) in [4.78, 5) is 10.4. The van der Waals surface area contributed by atoms with Gasteiger partial charge >= 0.3 is 0 Å². The van der Waals surface area contributed by atoms with Crippen LogP contribution in [0.25, 0.3) is 5.57 Å². The number of rotatable bonds is 2. The van der Waals surface area contributed by atoms with Crippen LogP contribution in [0.5, 0.6) is 0 Å². The molecule has 0 saturated heterocycles. The summed E-state index contributed by atoms with van der Waals surface area (Å²) in [6.07, 6.45) is 1.13. The molecular weight excluding hydrogens is 152 g/mol. The van der Waals surface area contributed by atoms with E-state index >= 15 is 0 Å². The molecule has 62 valence electrons. The summed E-state index contributed by atoms with van der Waals surface area (Å²) in [6.45, 7) is 1.95. The number of allylic oxidation sites excluding steroid dienone is 1. The summed E-state index contributed by atoms with van der Waals surface area (Å²) in [5, 5.41) is 10.4. The Labute approximate surface area is 71.2 Å². The van der Waals surface area contributed by atoms with Crippen molar-refractivity contribution in [2.24, 2.45) is 0 Å². The Kier molecular flexibility index (Phi) is 2.64. The normalized spacial score (nSPS) is 11.2. The van der Waals surface area contributed by atoms with Crippen LogP contribution in [-0.2, 0) is 4.79 Å². The van der Waals surface area contributed by atoms with Gasteiger partial charge in [-0.25, -0.2) is 0 Å². The lowest BCUT2D eigenvalue weighted by Gasteiger charge is -2.02. The molecule has 0 bridgehead atoms. The van der Waals surface area contributed by atoms with E-state index in [-0.39, 0.29) is 5.57 Å². The summed E-state index contributed by atoms with van der Waals surface area (Å²) < 4.78 is 0. The molecule has 2 heteroatoms. The highest BCUT2D eigenvalue weighted by atomic mass is 16.2. The first-order chi connectivity index (χ1) is 5.77. The Bertz CT molecular complexity index is 296. The molecule has 0 saturated carbocycles. The molecule has 0 aliphatic carbocycles. The lowest BCUT2D eigenvalue weighted by Crippen LogP contribution is -1.94. The Morgan fingerprint density at radius 3 is 2.33 bits per heavy atom. The van der Waals surface area contributed by atoms with E-state index in [1.54, 1.807) is 12.1 Å². The maximum absolute atomic E-state index is 10.4. The van der Waals surface area contributed by atoms with Crippen LogP contribution in [0, 0.1) is 6.92 Å². The molecule has 0 amide bonds. The van der Waals surface area contributed by atoms with Crippen LogP contribution in [0.1, 0.15) is 11.1 Å². The fourth-order valence-electron chi connectivity index (χ4n) is 0.910. The molecule has 0 fully saturated rings. The lowest BCUT2D eigenvalue weighted by molar-refractivity contribution is -0.273. The van der Waals surface area contributed by atoms with Crippen LogP contribution < -0.4 is 5.11 Å². The van der Waals surface area contributed by atoms with E-state index in [1.165, 1.54) is 0 Å². The summed E-state index contributed by atoms with van der Waals surface area (Å²) in [7, 11) is 0. The minimum absolute atomic E-state index is 0.190. The van der Waals surface area contributed by atoms with Crippen LogP contribution >= 0.6 is 0 Å². The van der Waals surface area contributed by atoms with Gasteiger partial charge in [0, 0.05) is 5.57 Å². The molecule has 0 heterocycles. The highest BCUT2D eigenvalue weighted by Crippen LogP contribution is 2.11. The Balaban J connectivity index is 3.04. The predicted octanol–water partition coefficient (Wildman–Crippen LogP) is 0.895. The molecule has 12 heavy (non-hydrogen) atoms. The van der Waals surface area contributed by atoms with Gasteiger partial charge in [-0.3, -0.25) is 4.79 Å². The Morgan fingerprint density at radius 1 is 1.33 bits per heavy atom. The van der Waals surface area contributed by atoms with E-state index in [9.17, 15) is 9.90 Å². The monoisotopic (exact) mass is 161 g/mol.